The first-order valence-electron chi connectivity index (χ1n) is 5.48. The molecule has 1 aliphatic rings. The van der Waals surface area contributed by atoms with Gasteiger partial charge in [0.05, 0.1) is 5.54 Å². The van der Waals surface area contributed by atoms with Gasteiger partial charge in [0.1, 0.15) is 0 Å². The van der Waals surface area contributed by atoms with Crippen molar-refractivity contribution >= 4 is 28.1 Å². The Kier molecular flexibility index (Phi) is 3.52. The third kappa shape index (κ3) is 2.64. The summed E-state index contributed by atoms with van der Waals surface area (Å²) >= 11 is 7.77. The molecule has 2 nitrogen and oxygen atoms in total. The Morgan fingerprint density at radius 2 is 2.33 bits per heavy atom. The van der Waals surface area contributed by atoms with E-state index < -0.39 is 0 Å². The molecule has 0 radical (unpaired) electrons. The van der Waals surface area contributed by atoms with E-state index in [0.29, 0.717) is 5.88 Å². The van der Waals surface area contributed by atoms with Gasteiger partial charge < -0.3 is 5.32 Å². The van der Waals surface area contributed by atoms with Crippen molar-refractivity contribution in [1.29, 1.82) is 0 Å². The molecule has 1 aliphatic carbocycles. The van der Waals surface area contributed by atoms with Gasteiger partial charge in [-0.2, -0.15) is 0 Å². The van der Waals surface area contributed by atoms with Gasteiger partial charge in [-0.05, 0) is 31.6 Å². The van der Waals surface area contributed by atoms with Crippen molar-refractivity contribution < 1.29 is 0 Å². The minimum absolute atomic E-state index is 0.0892. The second kappa shape index (κ2) is 4.71. The SMILES string of the molecule is CC1CCC(CCl)(Nc2nccs2)CC1. The van der Waals surface area contributed by atoms with Crippen LogP contribution in [0.5, 0.6) is 0 Å². The van der Waals surface area contributed by atoms with E-state index in [2.05, 4.69) is 17.2 Å². The van der Waals surface area contributed by atoms with Crippen molar-refractivity contribution in [2.75, 3.05) is 11.2 Å². The summed E-state index contributed by atoms with van der Waals surface area (Å²) in [5, 5.41) is 6.52. The lowest BCUT2D eigenvalue weighted by Crippen LogP contribution is -2.43. The molecule has 1 heterocycles. The van der Waals surface area contributed by atoms with Gasteiger partial charge >= 0.3 is 0 Å². The number of anilines is 1. The number of nitrogens with zero attached hydrogens (tertiary/aromatic N) is 1. The Labute approximate surface area is 100 Å². The molecule has 0 aromatic carbocycles. The quantitative estimate of drug-likeness (QED) is 0.820. The van der Waals surface area contributed by atoms with Gasteiger partial charge in [0, 0.05) is 17.5 Å². The van der Waals surface area contributed by atoms with Crippen molar-refractivity contribution in [2.45, 2.75) is 38.1 Å². The van der Waals surface area contributed by atoms with Gasteiger partial charge in [0.25, 0.3) is 0 Å². The first kappa shape index (κ1) is 11.2. The van der Waals surface area contributed by atoms with E-state index in [1.165, 1.54) is 12.8 Å². The molecule has 1 aromatic heterocycles. The molecule has 4 heteroatoms. The first-order valence-corrected chi connectivity index (χ1v) is 6.89. The lowest BCUT2D eigenvalue weighted by Gasteiger charge is -2.38. The smallest absolute Gasteiger partial charge is 0.183 e. The molecular formula is C11H17ClN2S. The normalized spacial score (nSPS) is 31.5. The van der Waals surface area contributed by atoms with Crippen molar-refractivity contribution in [3.63, 3.8) is 0 Å². The maximum atomic E-state index is 6.12. The van der Waals surface area contributed by atoms with E-state index >= 15 is 0 Å². The maximum absolute atomic E-state index is 6.12. The molecule has 0 spiro atoms. The fourth-order valence-electron chi connectivity index (χ4n) is 2.12. The molecule has 84 valence electrons. The number of aromatic nitrogens is 1. The highest BCUT2D eigenvalue weighted by molar-refractivity contribution is 7.13. The number of thiazole rings is 1. The molecule has 2 rings (SSSR count). The highest BCUT2D eigenvalue weighted by atomic mass is 35.5. The molecule has 0 unspecified atom stereocenters. The van der Waals surface area contributed by atoms with Gasteiger partial charge in [-0.1, -0.05) is 6.92 Å². The van der Waals surface area contributed by atoms with Crippen molar-refractivity contribution in [1.82, 2.24) is 4.98 Å². The Balaban J connectivity index is 2.02. The monoisotopic (exact) mass is 244 g/mol. The van der Waals surface area contributed by atoms with Crippen LogP contribution in [0.15, 0.2) is 11.6 Å². The van der Waals surface area contributed by atoms with Crippen molar-refractivity contribution in [2.24, 2.45) is 5.92 Å². The van der Waals surface area contributed by atoms with Crippen LogP contribution < -0.4 is 5.32 Å². The van der Waals surface area contributed by atoms with Gasteiger partial charge in [0.15, 0.2) is 5.13 Å². The second-order valence-electron chi connectivity index (χ2n) is 4.56. The number of nitrogens with one attached hydrogen (secondary N) is 1. The van der Waals surface area contributed by atoms with Gasteiger partial charge in [-0.15, -0.1) is 22.9 Å². The Hall–Kier alpha value is -0.280. The molecule has 1 saturated carbocycles. The molecule has 1 fully saturated rings. The number of alkyl halides is 1. The standard InChI is InChI=1S/C11H17ClN2S/c1-9-2-4-11(8-12,5-3-9)14-10-13-6-7-15-10/h6-7,9H,2-5,8H2,1H3,(H,13,14). The molecule has 0 saturated heterocycles. The summed E-state index contributed by atoms with van der Waals surface area (Å²) in [7, 11) is 0. The van der Waals surface area contributed by atoms with Crippen LogP contribution in [-0.2, 0) is 0 Å². The number of hydrogen-bond donors (Lipinski definition) is 1. The summed E-state index contributed by atoms with van der Waals surface area (Å²) in [5.41, 5.74) is 0.0892. The van der Waals surface area contributed by atoms with Crippen LogP contribution >= 0.6 is 22.9 Å². The zero-order valence-corrected chi connectivity index (χ0v) is 10.6. The topological polar surface area (TPSA) is 24.9 Å². The summed E-state index contributed by atoms with van der Waals surface area (Å²) in [4.78, 5) is 4.27. The number of hydrogen-bond acceptors (Lipinski definition) is 3. The predicted molar refractivity (Wildman–Crippen MR) is 66.8 cm³/mol. The maximum Gasteiger partial charge on any atom is 0.183 e. The lowest BCUT2D eigenvalue weighted by molar-refractivity contribution is 0.287. The third-order valence-electron chi connectivity index (χ3n) is 3.29. The fourth-order valence-corrected chi connectivity index (χ4v) is 3.10. The van der Waals surface area contributed by atoms with Crippen LogP contribution in [0.1, 0.15) is 32.6 Å². The molecule has 1 N–H and O–H groups in total. The largest absolute Gasteiger partial charge is 0.355 e. The molecule has 0 aliphatic heterocycles. The van der Waals surface area contributed by atoms with E-state index in [0.717, 1.165) is 23.9 Å². The molecule has 15 heavy (non-hydrogen) atoms. The average Bonchev–Trinajstić information content (AvgIpc) is 2.75. The van der Waals surface area contributed by atoms with Crippen LogP contribution in [0.25, 0.3) is 0 Å². The molecular weight excluding hydrogens is 228 g/mol. The molecule has 1 aromatic rings. The fraction of sp³-hybridized carbons (Fsp3) is 0.727. The first-order chi connectivity index (χ1) is 7.24. The molecule has 0 atom stereocenters. The second-order valence-corrected chi connectivity index (χ2v) is 5.72. The summed E-state index contributed by atoms with van der Waals surface area (Å²) in [5.74, 6) is 1.53. The van der Waals surface area contributed by atoms with Crippen LogP contribution in [0.4, 0.5) is 5.13 Å². The average molecular weight is 245 g/mol. The Morgan fingerprint density at radius 1 is 1.60 bits per heavy atom. The molecule has 0 bridgehead atoms. The predicted octanol–water partition coefficient (Wildman–Crippen LogP) is 3.74. The van der Waals surface area contributed by atoms with E-state index in [1.54, 1.807) is 11.3 Å². The third-order valence-corrected chi connectivity index (χ3v) is 4.49. The number of halogens is 1. The van der Waals surface area contributed by atoms with E-state index in [-0.39, 0.29) is 5.54 Å². The highest BCUT2D eigenvalue weighted by Crippen LogP contribution is 2.35. The number of rotatable bonds is 3. The summed E-state index contributed by atoms with van der Waals surface area (Å²) in [6, 6.07) is 0. The Morgan fingerprint density at radius 3 is 2.87 bits per heavy atom. The summed E-state index contributed by atoms with van der Waals surface area (Å²) < 4.78 is 0. The van der Waals surface area contributed by atoms with Crippen LogP contribution in [0.2, 0.25) is 0 Å². The minimum atomic E-state index is 0.0892. The van der Waals surface area contributed by atoms with Crippen molar-refractivity contribution in [3.8, 4) is 0 Å². The highest BCUT2D eigenvalue weighted by Gasteiger charge is 2.33. The van der Waals surface area contributed by atoms with Gasteiger partial charge in [-0.3, -0.25) is 0 Å². The van der Waals surface area contributed by atoms with Crippen LogP contribution in [-0.4, -0.2) is 16.4 Å². The van der Waals surface area contributed by atoms with E-state index in [4.69, 9.17) is 11.6 Å². The van der Waals surface area contributed by atoms with Crippen LogP contribution in [0, 0.1) is 5.92 Å². The minimum Gasteiger partial charge on any atom is -0.355 e. The zero-order valence-electron chi connectivity index (χ0n) is 9.00. The van der Waals surface area contributed by atoms with Gasteiger partial charge in [-0.25, -0.2) is 4.98 Å². The zero-order chi connectivity index (χ0) is 10.7. The van der Waals surface area contributed by atoms with E-state index in [9.17, 15) is 0 Å². The molecule has 0 amide bonds. The van der Waals surface area contributed by atoms with Gasteiger partial charge in [0.2, 0.25) is 0 Å². The van der Waals surface area contributed by atoms with Crippen LogP contribution in [0.3, 0.4) is 0 Å². The summed E-state index contributed by atoms with van der Waals surface area (Å²) in [6.45, 7) is 2.32. The Bertz CT molecular complexity index is 292. The van der Waals surface area contributed by atoms with E-state index in [1.807, 2.05) is 11.6 Å². The summed E-state index contributed by atoms with van der Waals surface area (Å²) in [6.07, 6.45) is 6.70. The lowest BCUT2D eigenvalue weighted by atomic mass is 9.78. The van der Waals surface area contributed by atoms with Crippen molar-refractivity contribution in [3.05, 3.63) is 11.6 Å².